The molecule has 7 nitrogen and oxygen atoms in total. The van der Waals surface area contributed by atoms with E-state index >= 15 is 0 Å². The van der Waals surface area contributed by atoms with Crippen LogP contribution in [0, 0.1) is 5.41 Å². The maximum Gasteiger partial charge on any atom is 0.262 e. The average molecular weight is 392 g/mol. The highest BCUT2D eigenvalue weighted by atomic mass is 32.2. The van der Waals surface area contributed by atoms with Gasteiger partial charge in [-0.3, -0.25) is 9.52 Å². The van der Waals surface area contributed by atoms with Gasteiger partial charge in [0.15, 0.2) is 0 Å². The molecule has 0 aromatic heterocycles. The molecule has 2 rings (SSSR count). The number of benzene rings is 2. The number of aromatic hydroxyl groups is 1. The summed E-state index contributed by atoms with van der Waals surface area (Å²) in [5.41, 5.74) is 0.0768. The summed E-state index contributed by atoms with van der Waals surface area (Å²) in [4.78, 5) is 12.0. The highest BCUT2D eigenvalue weighted by Gasteiger charge is 2.20. The van der Waals surface area contributed by atoms with Crippen molar-refractivity contribution in [2.75, 3.05) is 17.1 Å². The molecular formula is C19H24N2O5S. The Bertz CT molecular complexity index is 933. The SMILES string of the molecule is COc1ccccc1NS(=O)(=O)c1ccc(O)c(NC(=O)CC(C)(C)C)c1. The number of hydrogen-bond acceptors (Lipinski definition) is 5. The fraction of sp³-hybridized carbons (Fsp3) is 0.316. The maximum atomic E-state index is 12.7. The molecule has 27 heavy (non-hydrogen) atoms. The first kappa shape index (κ1) is 20.6. The zero-order valence-corrected chi connectivity index (χ0v) is 16.6. The van der Waals surface area contributed by atoms with Crippen LogP contribution in [0.1, 0.15) is 27.2 Å². The largest absolute Gasteiger partial charge is 0.506 e. The molecule has 2 aromatic rings. The van der Waals surface area contributed by atoms with Crippen molar-refractivity contribution in [1.82, 2.24) is 0 Å². The number of rotatable bonds is 6. The summed E-state index contributed by atoms with van der Waals surface area (Å²) < 4.78 is 33.0. The Hall–Kier alpha value is -2.74. The van der Waals surface area contributed by atoms with E-state index in [-0.39, 0.29) is 39.8 Å². The van der Waals surface area contributed by atoms with Gasteiger partial charge in [0.05, 0.1) is 23.4 Å². The molecule has 0 unspecified atom stereocenters. The number of carbonyl (C=O) groups excluding carboxylic acids is 1. The molecule has 8 heteroatoms. The standard InChI is InChI=1S/C19H24N2O5S/c1-19(2,3)12-18(23)20-15-11-13(9-10-16(15)22)27(24,25)21-14-7-5-6-8-17(14)26-4/h5-11,21-22H,12H2,1-4H3,(H,20,23). The van der Waals surface area contributed by atoms with Gasteiger partial charge in [-0.25, -0.2) is 8.42 Å². The van der Waals surface area contributed by atoms with Crippen LogP contribution in [0.2, 0.25) is 0 Å². The van der Waals surface area contributed by atoms with Crippen molar-refractivity contribution in [2.24, 2.45) is 5.41 Å². The molecule has 1 amide bonds. The van der Waals surface area contributed by atoms with E-state index in [0.717, 1.165) is 0 Å². The topological polar surface area (TPSA) is 105 Å². The summed E-state index contributed by atoms with van der Waals surface area (Å²) in [6.07, 6.45) is 0.225. The van der Waals surface area contributed by atoms with Gasteiger partial charge < -0.3 is 15.2 Å². The number of nitrogens with one attached hydrogen (secondary N) is 2. The fourth-order valence-electron chi connectivity index (χ4n) is 2.39. The Morgan fingerprint density at radius 3 is 2.41 bits per heavy atom. The Kier molecular flexibility index (Phi) is 6.00. The highest BCUT2D eigenvalue weighted by molar-refractivity contribution is 7.92. The molecule has 0 aliphatic heterocycles. The quantitative estimate of drug-likeness (QED) is 0.652. The first-order valence-corrected chi connectivity index (χ1v) is 9.79. The second kappa shape index (κ2) is 7.87. The van der Waals surface area contributed by atoms with Crippen molar-refractivity contribution >= 4 is 27.3 Å². The molecule has 0 heterocycles. The third kappa shape index (κ3) is 5.62. The number of carbonyl (C=O) groups is 1. The fourth-order valence-corrected chi connectivity index (χ4v) is 3.49. The lowest BCUT2D eigenvalue weighted by Crippen LogP contribution is -2.20. The molecular weight excluding hydrogens is 368 g/mol. The zero-order chi connectivity index (χ0) is 20.2. The number of phenolic OH excluding ortho intramolecular Hbond substituents is 1. The predicted octanol–water partition coefficient (Wildman–Crippen LogP) is 3.58. The van der Waals surface area contributed by atoms with E-state index in [1.807, 2.05) is 20.8 Å². The van der Waals surface area contributed by atoms with Crippen molar-refractivity contribution < 1.29 is 23.1 Å². The van der Waals surface area contributed by atoms with Crippen molar-refractivity contribution in [3.63, 3.8) is 0 Å². The van der Waals surface area contributed by atoms with Crippen molar-refractivity contribution in [2.45, 2.75) is 32.1 Å². The van der Waals surface area contributed by atoms with Crippen LogP contribution >= 0.6 is 0 Å². The van der Waals surface area contributed by atoms with Gasteiger partial charge in [0.2, 0.25) is 5.91 Å². The van der Waals surface area contributed by atoms with Crippen LogP contribution in [-0.4, -0.2) is 26.5 Å². The third-order valence-corrected chi connectivity index (χ3v) is 4.96. The normalized spacial score (nSPS) is 11.7. The molecule has 0 aliphatic carbocycles. The Morgan fingerprint density at radius 2 is 1.78 bits per heavy atom. The van der Waals surface area contributed by atoms with E-state index in [1.165, 1.54) is 25.3 Å². The van der Waals surface area contributed by atoms with Crippen LogP contribution in [0.15, 0.2) is 47.4 Å². The van der Waals surface area contributed by atoms with Gasteiger partial charge in [-0.1, -0.05) is 32.9 Å². The average Bonchev–Trinajstić information content (AvgIpc) is 2.55. The lowest BCUT2D eigenvalue weighted by Gasteiger charge is -2.18. The molecule has 146 valence electrons. The predicted molar refractivity (Wildman–Crippen MR) is 105 cm³/mol. The van der Waals surface area contributed by atoms with Crippen LogP contribution in [-0.2, 0) is 14.8 Å². The lowest BCUT2D eigenvalue weighted by atomic mass is 9.92. The van der Waals surface area contributed by atoms with E-state index < -0.39 is 10.0 Å². The van der Waals surface area contributed by atoms with Gasteiger partial charge in [-0.2, -0.15) is 0 Å². The van der Waals surface area contributed by atoms with Crippen LogP contribution in [0.3, 0.4) is 0 Å². The molecule has 2 aromatic carbocycles. The molecule has 0 spiro atoms. The van der Waals surface area contributed by atoms with E-state index in [0.29, 0.717) is 5.75 Å². The molecule has 0 saturated carbocycles. The van der Waals surface area contributed by atoms with E-state index in [4.69, 9.17) is 4.74 Å². The number of methoxy groups -OCH3 is 1. The monoisotopic (exact) mass is 392 g/mol. The second-order valence-corrected chi connectivity index (χ2v) is 8.95. The Balaban J connectivity index is 2.29. The van der Waals surface area contributed by atoms with Crippen LogP contribution < -0.4 is 14.8 Å². The minimum Gasteiger partial charge on any atom is -0.506 e. The molecule has 0 fully saturated rings. The first-order valence-electron chi connectivity index (χ1n) is 8.30. The smallest absolute Gasteiger partial charge is 0.262 e. The number of anilines is 2. The van der Waals surface area contributed by atoms with Crippen LogP contribution in [0.25, 0.3) is 0 Å². The summed E-state index contributed by atoms with van der Waals surface area (Å²) in [5.74, 6) is -0.155. The number of para-hydroxylation sites is 2. The van der Waals surface area contributed by atoms with Crippen LogP contribution in [0.5, 0.6) is 11.5 Å². The van der Waals surface area contributed by atoms with Gasteiger partial charge in [-0.05, 0) is 35.7 Å². The maximum absolute atomic E-state index is 12.7. The molecule has 0 saturated heterocycles. The van der Waals surface area contributed by atoms with Crippen molar-refractivity contribution in [3.8, 4) is 11.5 Å². The summed E-state index contributed by atoms with van der Waals surface area (Å²) in [6.45, 7) is 5.72. The van der Waals surface area contributed by atoms with Crippen molar-refractivity contribution in [3.05, 3.63) is 42.5 Å². The van der Waals surface area contributed by atoms with E-state index in [1.54, 1.807) is 24.3 Å². The highest BCUT2D eigenvalue weighted by Crippen LogP contribution is 2.30. The summed E-state index contributed by atoms with van der Waals surface area (Å²) in [7, 11) is -2.51. The third-order valence-electron chi connectivity index (χ3n) is 3.59. The summed E-state index contributed by atoms with van der Waals surface area (Å²) in [6, 6.07) is 10.3. The van der Waals surface area contributed by atoms with Crippen LogP contribution in [0.4, 0.5) is 11.4 Å². The molecule has 3 N–H and O–H groups in total. The molecule has 0 aliphatic rings. The number of ether oxygens (including phenoxy) is 1. The minimum atomic E-state index is -3.95. The molecule has 0 radical (unpaired) electrons. The first-order chi connectivity index (χ1) is 12.5. The Morgan fingerprint density at radius 1 is 1.11 bits per heavy atom. The van der Waals surface area contributed by atoms with E-state index in [2.05, 4.69) is 10.0 Å². The van der Waals surface area contributed by atoms with Gasteiger partial charge in [-0.15, -0.1) is 0 Å². The molecule has 0 atom stereocenters. The van der Waals surface area contributed by atoms with Gasteiger partial charge in [0.1, 0.15) is 11.5 Å². The van der Waals surface area contributed by atoms with Gasteiger partial charge >= 0.3 is 0 Å². The zero-order valence-electron chi connectivity index (χ0n) is 15.7. The molecule has 0 bridgehead atoms. The van der Waals surface area contributed by atoms with Crippen molar-refractivity contribution in [1.29, 1.82) is 0 Å². The second-order valence-electron chi connectivity index (χ2n) is 7.27. The summed E-state index contributed by atoms with van der Waals surface area (Å²) in [5, 5.41) is 12.5. The van der Waals surface area contributed by atoms with Gasteiger partial charge in [0, 0.05) is 6.42 Å². The lowest BCUT2D eigenvalue weighted by molar-refractivity contribution is -0.117. The number of amides is 1. The number of phenols is 1. The van der Waals surface area contributed by atoms with Gasteiger partial charge in [0.25, 0.3) is 10.0 Å². The van der Waals surface area contributed by atoms with E-state index in [9.17, 15) is 18.3 Å². The Labute approximate surface area is 159 Å². The minimum absolute atomic E-state index is 0.0344. The number of hydrogen-bond donors (Lipinski definition) is 3. The number of sulfonamides is 1. The summed E-state index contributed by atoms with van der Waals surface area (Å²) >= 11 is 0.